The number of sulfonamides is 1. The van der Waals surface area contributed by atoms with Crippen molar-refractivity contribution in [2.75, 3.05) is 17.1 Å². The molecule has 0 unspecified atom stereocenters. The summed E-state index contributed by atoms with van der Waals surface area (Å²) in [6, 6.07) is 12.0. The van der Waals surface area contributed by atoms with Gasteiger partial charge in [-0.05, 0) is 68.0 Å². The minimum atomic E-state index is -3.54. The van der Waals surface area contributed by atoms with Gasteiger partial charge in [0.15, 0.2) is 0 Å². The highest BCUT2D eigenvalue weighted by Crippen LogP contribution is 2.25. The first-order valence-electron chi connectivity index (χ1n) is 13.6. The molecule has 0 heterocycles. The molecule has 2 aromatic carbocycles. The quantitative estimate of drug-likeness (QED) is 0.327. The standard InChI is InChI=1S/C29H39Cl2N3O4S/c1-4-22-12-15-25(16-13-22)34(39(3,37)38)18-8-11-28(35)33(20-23-14-17-26(30)27(31)19-23)21(2)29(36)32-24-9-6-5-7-10-24/h12-17,19,21,24H,4-11,18,20H2,1-3H3,(H,32,36)/t21-/m1/s1. The fourth-order valence-electron chi connectivity index (χ4n) is 4.89. The van der Waals surface area contributed by atoms with E-state index in [0.717, 1.165) is 49.5 Å². The molecule has 0 bridgehead atoms. The van der Waals surface area contributed by atoms with Gasteiger partial charge in [0.05, 0.1) is 22.0 Å². The van der Waals surface area contributed by atoms with Crippen LogP contribution in [0, 0.1) is 0 Å². The predicted molar refractivity (Wildman–Crippen MR) is 159 cm³/mol. The smallest absolute Gasteiger partial charge is 0.242 e. The molecule has 0 saturated heterocycles. The number of nitrogens with zero attached hydrogens (tertiary/aromatic N) is 2. The van der Waals surface area contributed by atoms with Gasteiger partial charge in [-0.1, -0.05) is 67.6 Å². The number of nitrogens with one attached hydrogen (secondary N) is 1. The second-order valence-electron chi connectivity index (χ2n) is 10.2. The second-order valence-corrected chi connectivity index (χ2v) is 13.0. The fraction of sp³-hybridized carbons (Fsp3) is 0.517. The number of carbonyl (C=O) groups excluding carboxylic acids is 2. The summed E-state index contributed by atoms with van der Waals surface area (Å²) >= 11 is 12.3. The first kappa shape index (κ1) is 31.2. The number of hydrogen-bond donors (Lipinski definition) is 1. The predicted octanol–water partition coefficient (Wildman–Crippen LogP) is 5.97. The van der Waals surface area contributed by atoms with Crippen LogP contribution in [0.4, 0.5) is 5.69 Å². The van der Waals surface area contributed by atoms with Crippen molar-refractivity contribution >= 4 is 50.7 Å². The first-order valence-corrected chi connectivity index (χ1v) is 16.2. The average Bonchev–Trinajstić information content (AvgIpc) is 2.91. The lowest BCUT2D eigenvalue weighted by Gasteiger charge is -2.31. The van der Waals surface area contributed by atoms with Crippen LogP contribution in [0.5, 0.6) is 0 Å². The van der Waals surface area contributed by atoms with E-state index in [9.17, 15) is 18.0 Å². The Labute approximate surface area is 242 Å². The van der Waals surface area contributed by atoms with Crippen molar-refractivity contribution in [3.63, 3.8) is 0 Å². The molecule has 0 aliphatic heterocycles. The number of carbonyl (C=O) groups is 2. The molecule has 1 aliphatic carbocycles. The largest absolute Gasteiger partial charge is 0.352 e. The molecule has 214 valence electrons. The van der Waals surface area contributed by atoms with E-state index in [1.807, 2.05) is 19.1 Å². The first-order chi connectivity index (χ1) is 18.5. The molecule has 2 aromatic rings. The third-order valence-electron chi connectivity index (χ3n) is 7.24. The zero-order valence-corrected chi connectivity index (χ0v) is 25.3. The molecular formula is C29H39Cl2N3O4S. The molecule has 1 aliphatic rings. The summed E-state index contributed by atoms with van der Waals surface area (Å²) in [7, 11) is -3.54. The minimum Gasteiger partial charge on any atom is -0.352 e. The third-order valence-corrected chi connectivity index (χ3v) is 9.17. The van der Waals surface area contributed by atoms with Gasteiger partial charge in [0, 0.05) is 25.6 Å². The van der Waals surface area contributed by atoms with Crippen molar-refractivity contribution in [1.82, 2.24) is 10.2 Å². The molecule has 10 heteroatoms. The van der Waals surface area contributed by atoms with E-state index in [1.165, 1.54) is 10.7 Å². The van der Waals surface area contributed by atoms with Crippen molar-refractivity contribution in [1.29, 1.82) is 0 Å². The van der Waals surface area contributed by atoms with Crippen LogP contribution in [0.2, 0.25) is 10.0 Å². The molecular weight excluding hydrogens is 557 g/mol. The molecule has 1 atom stereocenters. The van der Waals surface area contributed by atoms with Crippen LogP contribution >= 0.6 is 23.2 Å². The zero-order chi connectivity index (χ0) is 28.6. The molecule has 1 saturated carbocycles. The van der Waals surface area contributed by atoms with Crippen LogP contribution in [0.3, 0.4) is 0 Å². The van der Waals surface area contributed by atoms with Gasteiger partial charge < -0.3 is 10.2 Å². The Morgan fingerprint density at radius 2 is 1.64 bits per heavy atom. The normalized spacial score (nSPS) is 15.0. The molecule has 1 fully saturated rings. The summed E-state index contributed by atoms with van der Waals surface area (Å²) in [5.74, 6) is -0.425. The van der Waals surface area contributed by atoms with Gasteiger partial charge >= 0.3 is 0 Å². The molecule has 0 spiro atoms. The van der Waals surface area contributed by atoms with Gasteiger partial charge in [0.1, 0.15) is 6.04 Å². The van der Waals surface area contributed by atoms with E-state index in [-0.39, 0.29) is 37.4 Å². The third kappa shape index (κ3) is 9.12. The van der Waals surface area contributed by atoms with Crippen LogP contribution < -0.4 is 9.62 Å². The van der Waals surface area contributed by atoms with E-state index in [1.54, 1.807) is 42.2 Å². The topological polar surface area (TPSA) is 86.8 Å². The van der Waals surface area contributed by atoms with Gasteiger partial charge in [-0.15, -0.1) is 0 Å². The molecule has 3 rings (SSSR count). The van der Waals surface area contributed by atoms with Crippen molar-refractivity contribution in [2.24, 2.45) is 0 Å². The van der Waals surface area contributed by atoms with Crippen LogP contribution in [-0.2, 0) is 32.6 Å². The highest BCUT2D eigenvalue weighted by atomic mass is 35.5. The molecule has 39 heavy (non-hydrogen) atoms. The number of anilines is 1. The number of amides is 2. The van der Waals surface area contributed by atoms with Gasteiger partial charge in [0.2, 0.25) is 21.8 Å². The summed E-state index contributed by atoms with van der Waals surface area (Å²) in [5.41, 5.74) is 2.43. The maximum Gasteiger partial charge on any atom is 0.242 e. The Morgan fingerprint density at radius 3 is 2.23 bits per heavy atom. The second kappa shape index (κ2) is 14.4. The van der Waals surface area contributed by atoms with Gasteiger partial charge in [0.25, 0.3) is 0 Å². The van der Waals surface area contributed by atoms with Crippen molar-refractivity contribution < 1.29 is 18.0 Å². The van der Waals surface area contributed by atoms with E-state index in [4.69, 9.17) is 23.2 Å². The lowest BCUT2D eigenvalue weighted by atomic mass is 9.95. The van der Waals surface area contributed by atoms with E-state index in [2.05, 4.69) is 5.32 Å². The summed E-state index contributed by atoms with van der Waals surface area (Å²) in [6.45, 7) is 4.10. The number of aryl methyl sites for hydroxylation is 1. The van der Waals surface area contributed by atoms with Gasteiger partial charge in [-0.3, -0.25) is 13.9 Å². The number of halogens is 2. The lowest BCUT2D eigenvalue weighted by molar-refractivity contribution is -0.141. The minimum absolute atomic E-state index is 0.0848. The Kier molecular flexibility index (Phi) is 11.5. The maximum atomic E-state index is 13.5. The summed E-state index contributed by atoms with van der Waals surface area (Å²) in [4.78, 5) is 28.2. The van der Waals surface area contributed by atoms with E-state index >= 15 is 0 Å². The Balaban J connectivity index is 1.73. The average molecular weight is 597 g/mol. The molecule has 0 radical (unpaired) electrons. The van der Waals surface area contributed by atoms with Gasteiger partial charge in [-0.2, -0.15) is 0 Å². The van der Waals surface area contributed by atoms with Gasteiger partial charge in [-0.25, -0.2) is 8.42 Å². The van der Waals surface area contributed by atoms with Crippen LogP contribution in [-0.4, -0.2) is 50.0 Å². The number of rotatable bonds is 12. The van der Waals surface area contributed by atoms with Crippen molar-refractivity contribution in [3.8, 4) is 0 Å². The fourth-order valence-corrected chi connectivity index (χ4v) is 6.17. The van der Waals surface area contributed by atoms with Crippen molar-refractivity contribution in [3.05, 3.63) is 63.6 Å². The van der Waals surface area contributed by atoms with Crippen LogP contribution in [0.15, 0.2) is 42.5 Å². The Hall–Kier alpha value is -2.29. The number of benzene rings is 2. The Morgan fingerprint density at radius 1 is 1.00 bits per heavy atom. The summed E-state index contributed by atoms with van der Waals surface area (Å²) < 4.78 is 26.4. The zero-order valence-electron chi connectivity index (χ0n) is 23.0. The van der Waals surface area contributed by atoms with E-state index < -0.39 is 16.1 Å². The lowest BCUT2D eigenvalue weighted by Crippen LogP contribution is -2.50. The highest BCUT2D eigenvalue weighted by molar-refractivity contribution is 7.92. The highest BCUT2D eigenvalue weighted by Gasteiger charge is 2.28. The van der Waals surface area contributed by atoms with E-state index in [0.29, 0.717) is 22.2 Å². The Bertz CT molecular complexity index is 1230. The SMILES string of the molecule is CCc1ccc(N(CCCC(=O)N(Cc2ccc(Cl)c(Cl)c2)[C@H](C)C(=O)NC2CCCCC2)S(C)(=O)=O)cc1. The number of hydrogen-bond acceptors (Lipinski definition) is 4. The molecule has 7 nitrogen and oxygen atoms in total. The summed E-state index contributed by atoms with van der Waals surface area (Å²) in [5, 5.41) is 3.90. The molecule has 1 N–H and O–H groups in total. The summed E-state index contributed by atoms with van der Waals surface area (Å²) in [6.07, 6.45) is 7.65. The molecule has 2 amide bonds. The van der Waals surface area contributed by atoms with Crippen molar-refractivity contribution in [2.45, 2.75) is 83.8 Å². The monoisotopic (exact) mass is 595 g/mol. The maximum absolute atomic E-state index is 13.5. The van der Waals surface area contributed by atoms with Crippen LogP contribution in [0.25, 0.3) is 0 Å². The van der Waals surface area contributed by atoms with Crippen LogP contribution in [0.1, 0.15) is 69.9 Å². The molecule has 0 aromatic heterocycles.